The maximum atomic E-state index is 15.9. The fourth-order valence-corrected chi connectivity index (χ4v) is 13.1. The molecule has 2 bridgehead atoms. The number of hydrogen-bond donors (Lipinski definition) is 3. The second kappa shape index (κ2) is 26.4. The third kappa shape index (κ3) is 12.5. The number of carbonyl (C=O) groups is 2. The lowest BCUT2D eigenvalue weighted by Gasteiger charge is -2.29. The number of hydrogen-bond acceptors (Lipinski definition) is 16. The van der Waals surface area contributed by atoms with Crippen LogP contribution in [0.15, 0.2) is 122 Å². The Kier molecular flexibility index (Phi) is 18.2. The average molecular weight is 1200 g/mol. The van der Waals surface area contributed by atoms with Crippen molar-refractivity contribution in [2.45, 2.75) is 96.3 Å². The monoisotopic (exact) mass is 1200 g/mol. The van der Waals surface area contributed by atoms with E-state index in [1.807, 2.05) is 117 Å². The number of methoxy groups -OCH3 is 1. The van der Waals surface area contributed by atoms with E-state index in [0.29, 0.717) is 79.0 Å². The molecule has 3 aliphatic rings. The number of aromatic nitrogens is 7. The molecule has 4 aromatic carbocycles. The fourth-order valence-electron chi connectivity index (χ4n) is 11.6. The first-order chi connectivity index (χ1) is 41.8. The van der Waals surface area contributed by atoms with Gasteiger partial charge >= 0.3 is 6.01 Å². The Morgan fingerprint density at radius 1 is 0.988 bits per heavy atom. The largest absolute Gasteiger partial charge is 0.484 e. The van der Waals surface area contributed by atoms with E-state index in [1.165, 1.54) is 17.4 Å². The molecule has 5 aromatic heterocycles. The van der Waals surface area contributed by atoms with Crippen LogP contribution in [-0.2, 0) is 27.4 Å². The predicted molar refractivity (Wildman–Crippen MR) is 329 cm³/mol. The summed E-state index contributed by atoms with van der Waals surface area (Å²) in [4.78, 5) is 48.2. The van der Waals surface area contributed by atoms with E-state index in [4.69, 9.17) is 40.8 Å². The number of amides is 2. The van der Waals surface area contributed by atoms with Crippen LogP contribution in [0.4, 0.5) is 10.2 Å². The number of ether oxygens (including phenoxy) is 3. The van der Waals surface area contributed by atoms with Crippen LogP contribution in [0.3, 0.4) is 0 Å². The van der Waals surface area contributed by atoms with Crippen LogP contribution in [0.2, 0.25) is 5.02 Å². The van der Waals surface area contributed by atoms with E-state index in [0.717, 1.165) is 77.2 Å². The molecule has 9 aromatic rings. The number of thiophene rings is 1. The average Bonchev–Trinajstić information content (AvgIpc) is 3.00. The van der Waals surface area contributed by atoms with E-state index in [1.54, 1.807) is 36.4 Å². The minimum Gasteiger partial charge on any atom is -0.484 e. The van der Waals surface area contributed by atoms with Crippen LogP contribution in [0.5, 0.6) is 11.8 Å². The number of pyridine rings is 2. The quantitative estimate of drug-likeness (QED) is 0.0605. The molecule has 0 saturated carbocycles. The van der Waals surface area contributed by atoms with Crippen molar-refractivity contribution >= 4 is 62.1 Å². The highest BCUT2D eigenvalue weighted by molar-refractivity contribution is 7.19. The molecule has 3 saturated heterocycles. The maximum absolute atomic E-state index is 15.9. The van der Waals surface area contributed by atoms with Crippen LogP contribution >= 0.6 is 22.9 Å². The topological polar surface area (TPSA) is 219 Å². The lowest BCUT2D eigenvalue weighted by atomic mass is 9.99. The molecule has 3 N–H and O–H groups in total. The smallest absolute Gasteiger partial charge is 0.319 e. The number of fused-ring (bicyclic) bond motifs is 4. The van der Waals surface area contributed by atoms with E-state index >= 15 is 4.39 Å². The molecule has 86 heavy (non-hydrogen) atoms. The van der Waals surface area contributed by atoms with Gasteiger partial charge in [0, 0.05) is 96.8 Å². The normalized spacial score (nSPS) is 17.3. The van der Waals surface area contributed by atoms with Gasteiger partial charge in [-0.25, -0.2) is 9.07 Å². The van der Waals surface area contributed by atoms with Gasteiger partial charge in [-0.1, -0.05) is 110 Å². The number of aliphatic hydroxyl groups is 1. The van der Waals surface area contributed by atoms with Crippen molar-refractivity contribution in [1.82, 2.24) is 50.5 Å². The van der Waals surface area contributed by atoms with Crippen molar-refractivity contribution in [3.8, 4) is 51.5 Å². The second-order valence-electron chi connectivity index (χ2n) is 22.3. The van der Waals surface area contributed by atoms with Crippen molar-refractivity contribution in [3.63, 3.8) is 0 Å². The molecular weight excluding hydrogens is 1130 g/mol. The number of nitrogens with one attached hydrogen (secondary N) is 2. The molecule has 2 amide bonds. The zero-order valence-electron chi connectivity index (χ0n) is 48.4. The highest BCUT2D eigenvalue weighted by atomic mass is 35.5. The molecule has 3 fully saturated rings. The van der Waals surface area contributed by atoms with Gasteiger partial charge in [0.1, 0.15) is 53.9 Å². The maximum Gasteiger partial charge on any atom is 0.319 e. The minimum atomic E-state index is -0.454. The van der Waals surface area contributed by atoms with Crippen molar-refractivity contribution in [2.75, 3.05) is 44.9 Å². The third-order valence-electron chi connectivity index (χ3n) is 16.3. The van der Waals surface area contributed by atoms with Crippen LogP contribution < -0.4 is 25.0 Å². The van der Waals surface area contributed by atoms with Crippen LogP contribution in [0.25, 0.3) is 54.6 Å². The van der Waals surface area contributed by atoms with Gasteiger partial charge < -0.3 is 39.8 Å². The molecule has 18 nitrogen and oxygen atoms in total. The van der Waals surface area contributed by atoms with Crippen molar-refractivity contribution < 1.29 is 33.3 Å². The van der Waals surface area contributed by atoms with Gasteiger partial charge in [-0.2, -0.15) is 15.2 Å². The first kappa shape index (κ1) is 59.3. The number of halogens is 2. The highest BCUT2D eigenvalue weighted by Crippen LogP contribution is 2.46. The zero-order valence-corrected chi connectivity index (χ0v) is 49.9. The van der Waals surface area contributed by atoms with E-state index in [-0.39, 0.29) is 61.9 Å². The number of aliphatic hydroxyl groups excluding tert-OH is 1. The second-order valence-corrected chi connectivity index (χ2v) is 23.8. The van der Waals surface area contributed by atoms with Gasteiger partial charge in [0.2, 0.25) is 12.3 Å². The molecule has 442 valence electrons. The Morgan fingerprint density at radius 2 is 1.78 bits per heavy atom. The Labute approximate surface area is 507 Å². The summed E-state index contributed by atoms with van der Waals surface area (Å²) < 4.78 is 36.6. The number of anilines is 1. The van der Waals surface area contributed by atoms with Crippen LogP contribution in [-0.4, -0.2) is 121 Å². The van der Waals surface area contributed by atoms with Gasteiger partial charge in [0.15, 0.2) is 5.75 Å². The van der Waals surface area contributed by atoms with Gasteiger partial charge in [0.05, 0.1) is 45.6 Å². The molecule has 0 spiro atoms. The lowest BCUT2D eigenvalue weighted by molar-refractivity contribution is -0.137. The summed E-state index contributed by atoms with van der Waals surface area (Å²) >= 11 is 7.36. The van der Waals surface area contributed by atoms with Crippen molar-refractivity contribution in [2.24, 2.45) is 5.92 Å². The molecule has 3 aliphatic heterocycles. The van der Waals surface area contributed by atoms with Gasteiger partial charge in [-0.15, -0.1) is 16.4 Å². The number of rotatable bonds is 20. The number of likely N-dealkylation sites (tertiary alicyclic amines) is 1. The number of nitrogens with zero attached hydrogens (tertiary/aromatic N) is 10. The molecule has 0 aliphatic carbocycles. The summed E-state index contributed by atoms with van der Waals surface area (Å²) in [7, 11) is 1.63. The molecule has 21 heteroatoms. The highest BCUT2D eigenvalue weighted by Gasteiger charge is 2.40. The number of nitriles is 1. The first-order valence-corrected chi connectivity index (χ1v) is 30.0. The molecule has 6 atom stereocenters. The van der Waals surface area contributed by atoms with E-state index < -0.39 is 11.9 Å². The zero-order chi connectivity index (χ0) is 60.0. The first-order valence-electron chi connectivity index (χ1n) is 28.8. The van der Waals surface area contributed by atoms with E-state index in [2.05, 4.69) is 43.8 Å². The fraction of sp³-hybridized carbons (Fsp3) is 0.338. The van der Waals surface area contributed by atoms with Crippen molar-refractivity contribution in [1.29, 1.82) is 5.26 Å². The Bertz CT molecular complexity index is 3920. The molecule has 0 radical (unpaired) electrons. The van der Waals surface area contributed by atoms with Gasteiger partial charge in [0.25, 0.3) is 0 Å². The Morgan fingerprint density at radius 3 is 2.45 bits per heavy atom. The van der Waals surface area contributed by atoms with Crippen molar-refractivity contribution in [3.05, 3.63) is 160 Å². The standard InChI is InChI=1S/C51H53FN10O4S.C14H13ClN2O2/c1-29(2)46(50(63)60-19-9-10-30(60)3)62-26-41(58-59-62)34-15-13-33(14-16-34)28-65-47-44(37-17-18-40(52)48-43(37)38(22-53)42(67-48)20-32-11-7-6-8-12-32)55-24-39-45(47)56-51(66-27-31(4)64-5)57-49(39)61-25-35-21-36(61)23-54-35;15-13-7-16-6-5-12(13)10-1-3-11(4-2-10)14(8-18)17-9-19/h6-8,11-18,24,26,29-31,35-36,46,54H,9-10,19-21,23,25,27-28H2,1-5H3;1-7,9,14,18H,8H2,(H,17,19)/t30?,31-,35?,36?,46?;/m0./s1. The minimum absolute atomic E-state index is 0.0248. The van der Waals surface area contributed by atoms with Gasteiger partial charge in [-0.05, 0) is 79.5 Å². The molecule has 12 rings (SSSR count). The summed E-state index contributed by atoms with van der Waals surface area (Å²) in [5, 5.41) is 36.8. The lowest BCUT2D eigenvalue weighted by Crippen LogP contribution is -2.44. The predicted octanol–water partition coefficient (Wildman–Crippen LogP) is 10.7. The van der Waals surface area contributed by atoms with Crippen LogP contribution in [0.1, 0.15) is 86.2 Å². The molecule has 8 heterocycles. The Hall–Kier alpha value is -8.45. The summed E-state index contributed by atoms with van der Waals surface area (Å²) in [5.74, 6) is 0.731. The summed E-state index contributed by atoms with van der Waals surface area (Å²) in [5.41, 5.74) is 7.89. The Balaban J connectivity index is 0.000000344. The number of benzene rings is 4. The summed E-state index contributed by atoms with van der Waals surface area (Å²) in [6.45, 7) is 10.6. The van der Waals surface area contributed by atoms with Gasteiger partial charge in [-0.3, -0.25) is 19.6 Å². The molecule has 5 unspecified atom stereocenters. The third-order valence-corrected chi connectivity index (χ3v) is 17.8. The summed E-state index contributed by atoms with van der Waals surface area (Å²) in [6, 6.07) is 32.7. The van der Waals surface area contributed by atoms with Crippen LogP contribution in [0, 0.1) is 23.1 Å². The SMILES string of the molecule is CO[C@@H](C)COc1nc(N2CC3CC2CN3)c2cnc(-c3ccc(F)c4sc(Cc5ccccc5)c(C#N)c34)c(OCc3ccc(-c4cn(C(C(=O)N5CCCC5C)C(C)C)nn4)cc3)c2n1.O=CNC(CO)c1ccc(-c2ccncc2Cl)cc1. The van der Waals surface area contributed by atoms with E-state index in [9.17, 15) is 20.0 Å². The molecular formula is C65H66ClFN12O6S. The number of piperazine rings is 1. The number of carbonyl (C=O) groups excluding carboxylic acids is 2. The summed E-state index contributed by atoms with van der Waals surface area (Å²) in [6.07, 6.45) is 10.7.